The molecule has 0 saturated carbocycles. The highest BCUT2D eigenvalue weighted by atomic mass is 32.2. The predicted octanol–water partition coefficient (Wildman–Crippen LogP) is 4.92. The molecule has 1 N–H and O–H groups in total. The van der Waals surface area contributed by atoms with Gasteiger partial charge in [-0.1, -0.05) is 12.1 Å². The molecule has 0 spiro atoms. The van der Waals surface area contributed by atoms with Crippen LogP contribution in [0, 0.1) is 0 Å². The third kappa shape index (κ3) is 4.82. The van der Waals surface area contributed by atoms with Crippen LogP contribution in [0.25, 0.3) is 16.6 Å². The monoisotopic (exact) mass is 504 g/mol. The zero-order valence-electron chi connectivity index (χ0n) is 19.2. The Kier molecular flexibility index (Phi) is 6.48. The topological polar surface area (TPSA) is 76.5 Å². The Morgan fingerprint density at radius 1 is 1.03 bits per heavy atom. The molecule has 0 bridgehead atoms. The fourth-order valence-electron chi connectivity index (χ4n) is 3.68. The Bertz CT molecular complexity index is 1450. The van der Waals surface area contributed by atoms with E-state index < -0.39 is 21.8 Å². The first-order valence-corrected chi connectivity index (χ1v) is 12.0. The molecule has 0 aliphatic heterocycles. The van der Waals surface area contributed by atoms with Crippen LogP contribution in [-0.4, -0.2) is 43.7 Å². The summed E-state index contributed by atoms with van der Waals surface area (Å²) in [5.74, 6) is 1.07. The van der Waals surface area contributed by atoms with Crippen molar-refractivity contribution in [2.45, 2.75) is 17.6 Å². The van der Waals surface area contributed by atoms with Crippen LogP contribution >= 0.6 is 0 Å². The fraction of sp³-hybridized carbons (Fsp3) is 0.208. The van der Waals surface area contributed by atoms with Crippen molar-refractivity contribution >= 4 is 26.7 Å². The molecule has 0 fully saturated rings. The number of hydrogen-bond acceptors (Lipinski definition) is 5. The van der Waals surface area contributed by atoms with Crippen molar-refractivity contribution in [3.05, 3.63) is 77.9 Å². The summed E-state index contributed by atoms with van der Waals surface area (Å²) in [6.45, 7) is 0.161. The molecule has 0 aliphatic rings. The molecular formula is C24H23F3N4O3S. The molecule has 184 valence electrons. The molecule has 0 radical (unpaired) electrons. The van der Waals surface area contributed by atoms with Crippen LogP contribution in [0.5, 0.6) is 5.75 Å². The Balaban J connectivity index is 1.68. The van der Waals surface area contributed by atoms with Crippen molar-refractivity contribution in [2.24, 2.45) is 0 Å². The van der Waals surface area contributed by atoms with E-state index in [4.69, 9.17) is 4.74 Å². The van der Waals surface area contributed by atoms with Crippen molar-refractivity contribution in [3.8, 4) is 11.4 Å². The molecule has 35 heavy (non-hydrogen) atoms. The van der Waals surface area contributed by atoms with E-state index in [0.717, 1.165) is 17.7 Å². The fourth-order valence-corrected chi connectivity index (χ4v) is 4.87. The summed E-state index contributed by atoms with van der Waals surface area (Å²) in [6.07, 6.45) is -4.44. The zero-order valence-corrected chi connectivity index (χ0v) is 20.0. The summed E-state index contributed by atoms with van der Waals surface area (Å²) >= 11 is 0. The van der Waals surface area contributed by atoms with Crippen molar-refractivity contribution < 1.29 is 26.3 Å². The van der Waals surface area contributed by atoms with E-state index in [-0.39, 0.29) is 11.4 Å². The van der Waals surface area contributed by atoms with E-state index >= 15 is 0 Å². The van der Waals surface area contributed by atoms with Gasteiger partial charge in [-0.05, 0) is 60.2 Å². The van der Waals surface area contributed by atoms with Crippen LogP contribution in [-0.2, 0) is 22.7 Å². The predicted molar refractivity (Wildman–Crippen MR) is 127 cm³/mol. The average Bonchev–Trinajstić information content (AvgIpc) is 3.22. The number of nitrogens with one attached hydrogen (secondary N) is 1. The van der Waals surface area contributed by atoms with E-state index in [2.05, 4.69) is 10.4 Å². The number of nitrogens with zero attached hydrogens (tertiary/aromatic N) is 3. The van der Waals surface area contributed by atoms with E-state index in [9.17, 15) is 21.6 Å². The van der Waals surface area contributed by atoms with Crippen molar-refractivity contribution in [3.63, 3.8) is 0 Å². The van der Waals surface area contributed by atoms with Crippen LogP contribution in [0.3, 0.4) is 0 Å². The molecule has 0 atom stereocenters. The van der Waals surface area contributed by atoms with E-state index in [1.807, 2.05) is 0 Å². The Morgan fingerprint density at radius 3 is 2.26 bits per heavy atom. The minimum absolute atomic E-state index is 0.0736. The Labute approximate surface area is 200 Å². The van der Waals surface area contributed by atoms with Gasteiger partial charge in [0.05, 0.1) is 28.8 Å². The maximum Gasteiger partial charge on any atom is 0.416 e. The van der Waals surface area contributed by atoms with Gasteiger partial charge in [-0.3, -0.25) is 0 Å². The number of methoxy groups -OCH3 is 1. The third-order valence-electron chi connectivity index (χ3n) is 5.60. The van der Waals surface area contributed by atoms with E-state index in [1.165, 1.54) is 40.3 Å². The summed E-state index contributed by atoms with van der Waals surface area (Å²) < 4.78 is 73.1. The molecule has 4 rings (SSSR count). The minimum Gasteiger partial charge on any atom is -0.497 e. The van der Waals surface area contributed by atoms with Gasteiger partial charge in [-0.15, -0.1) is 5.10 Å². The largest absolute Gasteiger partial charge is 0.497 e. The van der Waals surface area contributed by atoms with Gasteiger partial charge in [-0.2, -0.15) is 17.5 Å². The molecule has 0 saturated heterocycles. The smallest absolute Gasteiger partial charge is 0.416 e. The van der Waals surface area contributed by atoms with Gasteiger partial charge in [0.25, 0.3) is 0 Å². The number of sulfonamides is 1. The number of aromatic nitrogens is 2. The Hall–Kier alpha value is -3.57. The molecule has 0 unspecified atom stereocenters. The second-order valence-corrected chi connectivity index (χ2v) is 9.89. The molecule has 4 aromatic rings. The number of halogens is 3. The molecule has 1 heterocycles. The van der Waals surface area contributed by atoms with Crippen molar-refractivity contribution in [2.75, 3.05) is 26.5 Å². The summed E-state index contributed by atoms with van der Waals surface area (Å²) in [7, 11) is 0.851. The number of alkyl halides is 3. The van der Waals surface area contributed by atoms with Crippen LogP contribution in [0.1, 0.15) is 11.1 Å². The third-order valence-corrected chi connectivity index (χ3v) is 7.40. The molecule has 3 aromatic carbocycles. The second kappa shape index (κ2) is 9.23. The molecule has 7 nitrogen and oxygen atoms in total. The maximum atomic E-state index is 13.3. The molecule has 11 heteroatoms. The first kappa shape index (κ1) is 24.6. The standard InChI is InChI=1S/C24H23F3N4O3S/c1-28-23-21-14-20(35(32,33)30(2)15-16-4-10-19(34-3)11-5-16)12-13-22(21)31(29-23)18-8-6-17(7-9-18)24(25,26)27/h4-14H,15H2,1-3H3,(H,28,29). The molecule has 1 aromatic heterocycles. The lowest BCUT2D eigenvalue weighted by molar-refractivity contribution is -0.137. The zero-order chi connectivity index (χ0) is 25.4. The summed E-state index contributed by atoms with van der Waals surface area (Å²) in [5, 5.41) is 7.87. The lowest BCUT2D eigenvalue weighted by atomic mass is 10.2. The van der Waals surface area contributed by atoms with Crippen LogP contribution in [0.15, 0.2) is 71.6 Å². The number of anilines is 1. The van der Waals surface area contributed by atoms with Gasteiger partial charge in [0.15, 0.2) is 5.82 Å². The van der Waals surface area contributed by atoms with Gasteiger partial charge in [-0.25, -0.2) is 13.1 Å². The maximum absolute atomic E-state index is 13.3. The van der Waals surface area contributed by atoms with E-state index in [1.54, 1.807) is 44.5 Å². The average molecular weight is 505 g/mol. The molecular weight excluding hydrogens is 481 g/mol. The minimum atomic E-state index is -4.44. The highest BCUT2D eigenvalue weighted by molar-refractivity contribution is 7.89. The highest BCUT2D eigenvalue weighted by Crippen LogP contribution is 2.32. The van der Waals surface area contributed by atoms with Gasteiger partial charge < -0.3 is 10.1 Å². The number of benzene rings is 3. The first-order valence-electron chi connectivity index (χ1n) is 10.5. The van der Waals surface area contributed by atoms with Gasteiger partial charge >= 0.3 is 6.18 Å². The van der Waals surface area contributed by atoms with E-state index in [0.29, 0.717) is 28.2 Å². The number of rotatable bonds is 7. The molecule has 0 amide bonds. The van der Waals surface area contributed by atoms with Gasteiger partial charge in [0, 0.05) is 26.0 Å². The van der Waals surface area contributed by atoms with Crippen LogP contribution < -0.4 is 10.1 Å². The number of fused-ring (bicyclic) bond motifs is 1. The second-order valence-electron chi connectivity index (χ2n) is 7.84. The van der Waals surface area contributed by atoms with Crippen LogP contribution in [0.4, 0.5) is 19.0 Å². The van der Waals surface area contributed by atoms with Crippen molar-refractivity contribution in [1.29, 1.82) is 0 Å². The lowest BCUT2D eigenvalue weighted by Crippen LogP contribution is -2.26. The molecule has 0 aliphatic carbocycles. The summed E-state index contributed by atoms with van der Waals surface area (Å²) in [5.41, 5.74) is 0.992. The summed E-state index contributed by atoms with van der Waals surface area (Å²) in [6, 6.07) is 16.3. The number of ether oxygens (including phenoxy) is 1. The quantitative estimate of drug-likeness (QED) is 0.387. The Morgan fingerprint density at radius 2 is 1.69 bits per heavy atom. The number of hydrogen-bond donors (Lipinski definition) is 1. The SMILES string of the molecule is CNc1nn(-c2ccc(C(F)(F)F)cc2)c2ccc(S(=O)(=O)N(C)Cc3ccc(OC)cc3)cc12. The lowest BCUT2D eigenvalue weighted by Gasteiger charge is -2.18. The van der Waals surface area contributed by atoms with Gasteiger partial charge in [0.1, 0.15) is 5.75 Å². The van der Waals surface area contributed by atoms with Crippen molar-refractivity contribution in [1.82, 2.24) is 14.1 Å². The van der Waals surface area contributed by atoms with Crippen LogP contribution in [0.2, 0.25) is 0 Å². The summed E-state index contributed by atoms with van der Waals surface area (Å²) in [4.78, 5) is 0.0736. The normalized spacial score (nSPS) is 12.3. The highest BCUT2D eigenvalue weighted by Gasteiger charge is 2.30. The first-order chi connectivity index (χ1) is 16.5. The van der Waals surface area contributed by atoms with Gasteiger partial charge in [0.2, 0.25) is 10.0 Å².